The number of hydrogen-bond donors (Lipinski definition) is 2. The van der Waals surface area contributed by atoms with Crippen LogP contribution >= 0.6 is 0 Å². The number of methoxy groups -OCH3 is 1. The third-order valence-corrected chi connectivity index (χ3v) is 4.34. The van der Waals surface area contributed by atoms with Crippen LogP contribution < -0.4 is 15.4 Å². The zero-order chi connectivity index (χ0) is 20.5. The van der Waals surface area contributed by atoms with E-state index in [2.05, 4.69) is 27.8 Å². The largest absolute Gasteiger partial charge is 0.495 e. The lowest BCUT2D eigenvalue weighted by atomic mass is 10.1. The molecule has 0 aliphatic carbocycles. The first-order chi connectivity index (χ1) is 14.2. The highest BCUT2D eigenvalue weighted by Gasteiger charge is 2.14. The van der Waals surface area contributed by atoms with Gasteiger partial charge < -0.3 is 15.4 Å². The van der Waals surface area contributed by atoms with Crippen molar-refractivity contribution in [2.24, 2.45) is 0 Å². The van der Waals surface area contributed by atoms with E-state index >= 15 is 0 Å². The lowest BCUT2D eigenvalue weighted by Gasteiger charge is -2.10. The van der Waals surface area contributed by atoms with Crippen molar-refractivity contribution in [2.45, 2.75) is 12.8 Å². The maximum Gasteiger partial charge on any atom is 0.274 e. The van der Waals surface area contributed by atoms with E-state index in [0.29, 0.717) is 18.0 Å². The summed E-state index contributed by atoms with van der Waals surface area (Å²) in [6, 6.07) is 22.0. The molecule has 2 amide bonds. The van der Waals surface area contributed by atoms with Crippen LogP contribution in [0, 0.1) is 0 Å². The lowest BCUT2D eigenvalue weighted by molar-refractivity contribution is 0.0948. The number of ether oxygens (including phenoxy) is 1. The predicted molar refractivity (Wildman–Crippen MR) is 112 cm³/mol. The maximum atomic E-state index is 12.5. The fraction of sp³-hybridized carbons (Fsp3) is 0.174. The summed E-state index contributed by atoms with van der Waals surface area (Å²) in [6.45, 7) is 0.535. The number of hydrogen-bond acceptors (Lipinski definition) is 4. The van der Waals surface area contributed by atoms with Crippen molar-refractivity contribution < 1.29 is 14.3 Å². The van der Waals surface area contributed by atoms with Gasteiger partial charge in [0, 0.05) is 6.54 Å². The number of anilines is 1. The van der Waals surface area contributed by atoms with Gasteiger partial charge in [-0.05, 0) is 42.7 Å². The van der Waals surface area contributed by atoms with Crippen LogP contribution in [0.2, 0.25) is 0 Å². The van der Waals surface area contributed by atoms with Crippen LogP contribution in [0.4, 0.5) is 5.69 Å². The van der Waals surface area contributed by atoms with Crippen LogP contribution in [0.1, 0.15) is 33.0 Å². The number of aryl methyl sites for hydroxylation is 1. The van der Waals surface area contributed by atoms with Crippen molar-refractivity contribution in [3.05, 3.63) is 89.7 Å². The van der Waals surface area contributed by atoms with E-state index in [4.69, 9.17) is 4.74 Å². The van der Waals surface area contributed by atoms with Gasteiger partial charge >= 0.3 is 0 Å². The summed E-state index contributed by atoms with van der Waals surface area (Å²) in [7, 11) is 1.53. The minimum atomic E-state index is -0.409. The van der Waals surface area contributed by atoms with Crippen molar-refractivity contribution >= 4 is 17.5 Å². The average Bonchev–Trinajstić information content (AvgIpc) is 2.77. The highest BCUT2D eigenvalue weighted by atomic mass is 16.5. The summed E-state index contributed by atoms with van der Waals surface area (Å²) in [5.74, 6) is -0.161. The van der Waals surface area contributed by atoms with Gasteiger partial charge in [-0.25, -0.2) is 4.98 Å². The SMILES string of the molecule is COc1ccccc1NC(=O)c1cccc(C(=O)NCCCc2ccccc2)n1. The number of nitrogens with one attached hydrogen (secondary N) is 2. The topological polar surface area (TPSA) is 80.3 Å². The van der Waals surface area contributed by atoms with Gasteiger partial charge in [-0.3, -0.25) is 9.59 Å². The molecule has 2 aromatic carbocycles. The molecule has 2 N–H and O–H groups in total. The van der Waals surface area contributed by atoms with E-state index in [1.165, 1.54) is 12.7 Å². The smallest absolute Gasteiger partial charge is 0.274 e. The Balaban J connectivity index is 1.56. The summed E-state index contributed by atoms with van der Waals surface area (Å²) in [6.07, 6.45) is 1.71. The second-order valence-corrected chi connectivity index (χ2v) is 6.41. The van der Waals surface area contributed by atoms with Gasteiger partial charge in [-0.1, -0.05) is 48.5 Å². The molecule has 6 heteroatoms. The molecule has 0 aliphatic rings. The minimum Gasteiger partial charge on any atom is -0.495 e. The van der Waals surface area contributed by atoms with Crippen molar-refractivity contribution in [1.29, 1.82) is 0 Å². The van der Waals surface area contributed by atoms with Gasteiger partial charge in [0.1, 0.15) is 17.1 Å². The van der Waals surface area contributed by atoms with E-state index in [9.17, 15) is 9.59 Å². The first-order valence-electron chi connectivity index (χ1n) is 9.41. The van der Waals surface area contributed by atoms with Gasteiger partial charge in [0.2, 0.25) is 0 Å². The third kappa shape index (κ3) is 5.65. The molecule has 6 nitrogen and oxygen atoms in total. The third-order valence-electron chi connectivity index (χ3n) is 4.34. The quantitative estimate of drug-likeness (QED) is 0.576. The number of aromatic nitrogens is 1. The van der Waals surface area contributed by atoms with Crippen molar-refractivity contribution in [1.82, 2.24) is 10.3 Å². The van der Waals surface area contributed by atoms with Crippen LogP contribution in [0.25, 0.3) is 0 Å². The zero-order valence-electron chi connectivity index (χ0n) is 16.2. The number of amides is 2. The number of benzene rings is 2. The van der Waals surface area contributed by atoms with Crippen LogP contribution in [-0.4, -0.2) is 30.5 Å². The molecule has 29 heavy (non-hydrogen) atoms. The van der Waals surface area contributed by atoms with E-state index in [-0.39, 0.29) is 17.3 Å². The van der Waals surface area contributed by atoms with Gasteiger partial charge in [0.05, 0.1) is 12.8 Å². The molecule has 0 bridgehead atoms. The number of rotatable bonds is 8. The Hall–Kier alpha value is -3.67. The molecule has 0 fully saturated rings. The molecule has 0 aliphatic heterocycles. The molecular formula is C23H23N3O3. The van der Waals surface area contributed by atoms with Crippen molar-refractivity contribution in [3.63, 3.8) is 0 Å². The second-order valence-electron chi connectivity index (χ2n) is 6.41. The molecule has 0 spiro atoms. The van der Waals surface area contributed by atoms with E-state index in [1.54, 1.807) is 36.4 Å². The average molecular weight is 389 g/mol. The predicted octanol–water partition coefficient (Wildman–Crippen LogP) is 3.71. The number of para-hydroxylation sites is 2. The molecule has 0 radical (unpaired) electrons. The Kier molecular flexibility index (Phi) is 6.95. The Morgan fingerprint density at radius 1 is 0.862 bits per heavy atom. The van der Waals surface area contributed by atoms with Gasteiger partial charge in [-0.2, -0.15) is 0 Å². The fourth-order valence-corrected chi connectivity index (χ4v) is 2.85. The number of carbonyl (C=O) groups excluding carboxylic acids is 2. The first kappa shape index (κ1) is 20.1. The summed E-state index contributed by atoms with van der Waals surface area (Å²) in [5.41, 5.74) is 2.14. The Labute approximate surface area is 169 Å². The normalized spacial score (nSPS) is 10.2. The monoisotopic (exact) mass is 389 g/mol. The van der Waals surface area contributed by atoms with Gasteiger partial charge in [-0.15, -0.1) is 0 Å². The molecule has 148 valence electrons. The molecule has 0 saturated carbocycles. The summed E-state index contributed by atoms with van der Waals surface area (Å²) in [4.78, 5) is 29.1. The molecule has 1 heterocycles. The molecule has 0 unspecified atom stereocenters. The van der Waals surface area contributed by atoms with Crippen LogP contribution in [0.15, 0.2) is 72.8 Å². The molecular weight excluding hydrogens is 366 g/mol. The molecule has 3 aromatic rings. The lowest BCUT2D eigenvalue weighted by Crippen LogP contribution is -2.26. The van der Waals surface area contributed by atoms with E-state index < -0.39 is 5.91 Å². The van der Waals surface area contributed by atoms with Crippen molar-refractivity contribution in [3.8, 4) is 5.75 Å². The van der Waals surface area contributed by atoms with Crippen molar-refractivity contribution in [2.75, 3.05) is 19.0 Å². The van der Waals surface area contributed by atoms with Crippen LogP contribution in [0.3, 0.4) is 0 Å². The Morgan fingerprint density at radius 3 is 2.31 bits per heavy atom. The number of pyridine rings is 1. The van der Waals surface area contributed by atoms with E-state index in [0.717, 1.165) is 12.8 Å². The van der Waals surface area contributed by atoms with Crippen LogP contribution in [-0.2, 0) is 6.42 Å². The zero-order valence-corrected chi connectivity index (χ0v) is 16.2. The number of carbonyl (C=O) groups is 2. The van der Waals surface area contributed by atoms with Crippen LogP contribution in [0.5, 0.6) is 5.75 Å². The Bertz CT molecular complexity index is 974. The first-order valence-corrected chi connectivity index (χ1v) is 9.41. The fourth-order valence-electron chi connectivity index (χ4n) is 2.85. The summed E-state index contributed by atoms with van der Waals surface area (Å²) in [5, 5.41) is 5.61. The molecule has 0 saturated heterocycles. The highest BCUT2D eigenvalue weighted by molar-refractivity contribution is 6.04. The number of nitrogens with zero attached hydrogens (tertiary/aromatic N) is 1. The maximum absolute atomic E-state index is 12.5. The highest BCUT2D eigenvalue weighted by Crippen LogP contribution is 2.23. The van der Waals surface area contributed by atoms with E-state index in [1.807, 2.05) is 24.3 Å². The second kappa shape index (κ2) is 10.0. The summed E-state index contributed by atoms with van der Waals surface area (Å²) < 4.78 is 5.23. The minimum absolute atomic E-state index is 0.160. The molecule has 3 rings (SSSR count). The van der Waals surface area contributed by atoms with Gasteiger partial charge in [0.25, 0.3) is 11.8 Å². The molecule has 1 aromatic heterocycles. The molecule has 0 atom stereocenters. The summed E-state index contributed by atoms with van der Waals surface area (Å²) >= 11 is 0. The standard InChI is InChI=1S/C23H23N3O3/c1-29-21-15-6-5-12-18(21)26-23(28)20-14-7-13-19(25-20)22(27)24-16-8-11-17-9-3-2-4-10-17/h2-7,9-10,12-15H,8,11,16H2,1H3,(H,24,27)(H,26,28). The Morgan fingerprint density at radius 2 is 1.55 bits per heavy atom. The van der Waals surface area contributed by atoms with Gasteiger partial charge in [0.15, 0.2) is 0 Å².